The van der Waals surface area contributed by atoms with Gasteiger partial charge in [0.05, 0.1) is 35.1 Å². The third-order valence-electron chi connectivity index (χ3n) is 8.13. The van der Waals surface area contributed by atoms with Crippen LogP contribution in [0.1, 0.15) is 54.6 Å². The molecule has 0 aliphatic heterocycles. The number of carbonyl (C=O) groups is 4. The second-order valence-electron chi connectivity index (χ2n) is 11.3. The fourth-order valence-electron chi connectivity index (χ4n) is 5.33. The lowest BCUT2D eigenvalue weighted by Gasteiger charge is -2.22. The van der Waals surface area contributed by atoms with Crippen molar-refractivity contribution in [3.05, 3.63) is 76.8 Å². The maximum Gasteiger partial charge on any atom is 0.346 e. The number of benzene rings is 1. The van der Waals surface area contributed by atoms with E-state index in [1.165, 1.54) is 23.3 Å². The van der Waals surface area contributed by atoms with E-state index in [0.29, 0.717) is 64.1 Å². The Morgan fingerprint density at radius 2 is 1.34 bits per heavy atom. The summed E-state index contributed by atoms with van der Waals surface area (Å²) in [5.41, 5.74) is 4.92. The first-order valence-corrected chi connectivity index (χ1v) is 16.6. The maximum atomic E-state index is 13.3. The summed E-state index contributed by atoms with van der Waals surface area (Å²) in [6.07, 6.45) is 6.32. The summed E-state index contributed by atoms with van der Waals surface area (Å²) in [5, 5.41) is 24.8. The molecule has 1 aromatic carbocycles. The molecule has 4 amide bonds. The first-order valence-electron chi connectivity index (χ1n) is 15.6. The van der Waals surface area contributed by atoms with Crippen molar-refractivity contribution in [2.45, 2.75) is 27.2 Å². The number of nitrogens with zero attached hydrogens (tertiary/aromatic N) is 4. The van der Waals surface area contributed by atoms with Crippen LogP contribution in [0.4, 0.5) is 27.5 Å². The zero-order valence-corrected chi connectivity index (χ0v) is 29.0. The maximum absolute atomic E-state index is 13.3. The van der Waals surface area contributed by atoms with E-state index >= 15 is 0 Å². The van der Waals surface area contributed by atoms with E-state index in [1.807, 2.05) is 24.3 Å². The van der Waals surface area contributed by atoms with Crippen molar-refractivity contribution >= 4 is 80.6 Å². The van der Waals surface area contributed by atoms with E-state index in [0.717, 1.165) is 11.1 Å². The van der Waals surface area contributed by atoms with Gasteiger partial charge in [0, 0.05) is 83.9 Å². The molecule has 0 aliphatic rings. The molecule has 0 radical (unpaired) electrons. The third kappa shape index (κ3) is 7.61. The summed E-state index contributed by atoms with van der Waals surface area (Å²) in [6, 6.07) is 7.09. The average Bonchev–Trinajstić information content (AvgIpc) is 3.87. The number of nitriles is 1. The molecule has 0 unspecified atom stereocenters. The van der Waals surface area contributed by atoms with Crippen LogP contribution in [0.2, 0.25) is 0 Å². The van der Waals surface area contributed by atoms with Crippen LogP contribution >= 0.6 is 23.2 Å². The van der Waals surface area contributed by atoms with Gasteiger partial charge in [0.25, 0.3) is 17.7 Å². The largest absolute Gasteiger partial charge is 0.369 e. The molecule has 0 fully saturated rings. The molecule has 5 aromatic rings. The highest BCUT2D eigenvalue weighted by Gasteiger charge is 2.22. The van der Waals surface area contributed by atoms with Crippen LogP contribution in [0.25, 0.3) is 10.9 Å². The standard InChI is InChI=1S/C33H35Cl2N11O4/c1-18-24(14-38-27(18)30(47)37-10-4-9-36)41-31(48)28-19(2)25(15-39-28)42-32(49)29-20(3)26(16-40-29)43-33(50)46-17-21-13-22(5-6-23(21)44-46)45(11-7-34)12-8-35/h5-6,13-17,38-40H,4,7-8,10-12H2,1-3H3,(H,37,47)(H,41,48)(H,42,49)(H,43,50). The number of fused-ring (bicyclic) bond motifs is 1. The fourth-order valence-corrected chi connectivity index (χ4v) is 5.74. The quantitative estimate of drug-likeness (QED) is 0.0617. The second kappa shape index (κ2) is 15.7. The molecule has 17 heteroatoms. The second-order valence-corrected chi connectivity index (χ2v) is 12.0. The zero-order valence-electron chi connectivity index (χ0n) is 27.5. The number of anilines is 4. The van der Waals surface area contributed by atoms with Crippen LogP contribution in [-0.4, -0.2) is 79.9 Å². The van der Waals surface area contributed by atoms with Gasteiger partial charge < -0.3 is 41.1 Å². The summed E-state index contributed by atoms with van der Waals surface area (Å²) >= 11 is 11.9. The van der Waals surface area contributed by atoms with Crippen LogP contribution in [0.15, 0.2) is 43.0 Å². The molecular weight excluding hydrogens is 685 g/mol. The van der Waals surface area contributed by atoms with Crippen molar-refractivity contribution in [2.24, 2.45) is 0 Å². The Kier molecular flexibility index (Phi) is 11.1. The first kappa shape index (κ1) is 35.6. The molecule has 4 heterocycles. The number of hydrogen-bond acceptors (Lipinski definition) is 7. The van der Waals surface area contributed by atoms with E-state index in [2.05, 4.69) is 46.2 Å². The van der Waals surface area contributed by atoms with Crippen molar-refractivity contribution in [3.8, 4) is 6.07 Å². The molecule has 4 aromatic heterocycles. The van der Waals surface area contributed by atoms with Gasteiger partial charge in [-0.25, -0.2) is 4.79 Å². The average molecular weight is 721 g/mol. The first-order chi connectivity index (χ1) is 24.1. The van der Waals surface area contributed by atoms with Crippen molar-refractivity contribution in [1.29, 1.82) is 5.26 Å². The zero-order chi connectivity index (χ0) is 35.9. The molecule has 7 N–H and O–H groups in total. The predicted molar refractivity (Wildman–Crippen MR) is 193 cm³/mol. The number of halogens is 2. The summed E-state index contributed by atoms with van der Waals surface area (Å²) in [5.74, 6) is -0.462. The van der Waals surface area contributed by atoms with Crippen LogP contribution in [-0.2, 0) is 0 Å². The SMILES string of the molecule is Cc1c(NC(=O)c2[nH]cc(NC(=O)c3[nH]cc(NC(=O)n4cc5cc(N(CCCl)CCCl)ccc5n4)c3C)c2C)c[nH]c1C(=O)NCCC#N. The minimum atomic E-state index is -0.517. The highest BCUT2D eigenvalue weighted by molar-refractivity contribution is 6.18. The van der Waals surface area contributed by atoms with Gasteiger partial charge in [-0.15, -0.1) is 23.2 Å². The molecule has 0 atom stereocenters. The number of hydrogen-bond donors (Lipinski definition) is 7. The molecule has 260 valence electrons. The minimum absolute atomic E-state index is 0.179. The van der Waals surface area contributed by atoms with Gasteiger partial charge in [-0.2, -0.15) is 15.0 Å². The molecule has 50 heavy (non-hydrogen) atoms. The Bertz CT molecular complexity index is 2100. The summed E-state index contributed by atoms with van der Waals surface area (Å²) in [6.45, 7) is 6.51. The lowest BCUT2D eigenvalue weighted by atomic mass is 10.2. The number of nitrogens with one attached hydrogen (secondary N) is 7. The Hall–Kier alpha value is -5.72. The van der Waals surface area contributed by atoms with E-state index in [4.69, 9.17) is 28.5 Å². The van der Waals surface area contributed by atoms with Crippen molar-refractivity contribution in [2.75, 3.05) is 52.2 Å². The number of rotatable bonds is 13. The third-order valence-corrected chi connectivity index (χ3v) is 8.47. The van der Waals surface area contributed by atoms with Gasteiger partial charge in [0.15, 0.2) is 0 Å². The molecule has 0 saturated heterocycles. The van der Waals surface area contributed by atoms with Crippen molar-refractivity contribution in [1.82, 2.24) is 30.0 Å². The number of H-pyrrole nitrogens is 3. The summed E-state index contributed by atoms with van der Waals surface area (Å²) < 4.78 is 1.20. The molecule has 0 spiro atoms. The lowest BCUT2D eigenvalue weighted by molar-refractivity contribution is 0.0947. The van der Waals surface area contributed by atoms with Crippen molar-refractivity contribution in [3.63, 3.8) is 0 Å². The predicted octanol–water partition coefficient (Wildman–Crippen LogP) is 5.46. The number of aromatic amines is 3. The van der Waals surface area contributed by atoms with Crippen LogP contribution in [0, 0.1) is 32.1 Å². The number of aromatic nitrogens is 5. The van der Waals surface area contributed by atoms with Crippen LogP contribution in [0.5, 0.6) is 0 Å². The molecule has 0 aliphatic carbocycles. The number of carbonyl (C=O) groups excluding carboxylic acids is 4. The van der Waals surface area contributed by atoms with E-state index in [1.54, 1.807) is 27.0 Å². The molecule has 5 rings (SSSR count). The van der Waals surface area contributed by atoms with Gasteiger partial charge >= 0.3 is 6.03 Å². The molecule has 0 bridgehead atoms. The van der Waals surface area contributed by atoms with Gasteiger partial charge in [0.2, 0.25) is 0 Å². The Morgan fingerprint density at radius 3 is 1.86 bits per heavy atom. The monoisotopic (exact) mass is 719 g/mol. The Morgan fingerprint density at radius 1 is 0.820 bits per heavy atom. The number of alkyl halides is 2. The summed E-state index contributed by atoms with van der Waals surface area (Å²) in [4.78, 5) is 62.6. The molecule has 0 saturated carbocycles. The smallest absolute Gasteiger partial charge is 0.346 e. The minimum Gasteiger partial charge on any atom is -0.369 e. The van der Waals surface area contributed by atoms with Gasteiger partial charge in [-0.05, 0) is 39.0 Å². The van der Waals surface area contributed by atoms with E-state index in [-0.39, 0.29) is 36.0 Å². The van der Waals surface area contributed by atoms with E-state index < -0.39 is 17.8 Å². The number of amides is 4. The van der Waals surface area contributed by atoms with Crippen molar-refractivity contribution < 1.29 is 19.2 Å². The molecule has 15 nitrogen and oxygen atoms in total. The van der Waals surface area contributed by atoms with E-state index in [9.17, 15) is 19.2 Å². The summed E-state index contributed by atoms with van der Waals surface area (Å²) in [7, 11) is 0. The normalized spacial score (nSPS) is 10.9. The van der Waals surface area contributed by atoms with Gasteiger partial charge in [-0.1, -0.05) is 0 Å². The molecular formula is C33H35Cl2N11O4. The lowest BCUT2D eigenvalue weighted by Crippen LogP contribution is -2.27. The fraction of sp³-hybridized carbons (Fsp3) is 0.273. The van der Waals surface area contributed by atoms with Gasteiger partial charge in [0.1, 0.15) is 17.1 Å². The van der Waals surface area contributed by atoms with Crippen LogP contribution < -0.4 is 26.2 Å². The van der Waals surface area contributed by atoms with Crippen LogP contribution in [0.3, 0.4) is 0 Å². The highest BCUT2D eigenvalue weighted by atomic mass is 35.5. The topological polar surface area (TPSA) is 209 Å². The highest BCUT2D eigenvalue weighted by Crippen LogP contribution is 2.26. The van der Waals surface area contributed by atoms with Gasteiger partial charge in [-0.3, -0.25) is 14.4 Å². The Balaban J connectivity index is 1.22. The Labute approximate surface area is 296 Å².